The predicted molar refractivity (Wildman–Crippen MR) is 95.8 cm³/mol. The number of carbonyl (C=O) groups excluding carboxylic acids is 2. The second-order valence-electron chi connectivity index (χ2n) is 5.95. The first kappa shape index (κ1) is 20.9. The highest BCUT2D eigenvalue weighted by molar-refractivity contribution is 5.98. The van der Waals surface area contributed by atoms with E-state index in [1.165, 1.54) is 17.0 Å². The molecule has 9 heteroatoms. The van der Waals surface area contributed by atoms with Crippen LogP contribution in [0.3, 0.4) is 0 Å². The van der Waals surface area contributed by atoms with Crippen molar-refractivity contribution in [2.45, 2.75) is 19.8 Å². The first-order valence-electron chi connectivity index (χ1n) is 7.96. The highest BCUT2D eigenvalue weighted by Gasteiger charge is 2.31. The first-order valence-corrected chi connectivity index (χ1v) is 7.96. The largest absolute Gasteiger partial charge is 0.355 e. The number of benzene rings is 1. The van der Waals surface area contributed by atoms with Crippen molar-refractivity contribution in [3.63, 3.8) is 0 Å². The summed E-state index contributed by atoms with van der Waals surface area (Å²) in [6.07, 6.45) is 1.38. The molecule has 25 heavy (non-hydrogen) atoms. The van der Waals surface area contributed by atoms with Gasteiger partial charge in [0.1, 0.15) is 5.56 Å². The van der Waals surface area contributed by atoms with Crippen molar-refractivity contribution in [2.24, 2.45) is 11.7 Å². The molecule has 0 radical (unpaired) electrons. The Morgan fingerprint density at radius 1 is 1.44 bits per heavy atom. The second kappa shape index (κ2) is 9.33. The molecule has 1 aliphatic heterocycles. The van der Waals surface area contributed by atoms with Crippen molar-refractivity contribution in [1.82, 2.24) is 10.2 Å². The standard InChI is InChI=1S/C16H22N4O4.ClH/c1-11-4-5-14(20(23)24)13(9-11)16(22)19-8-2-3-12(10-19)15(21)18-7-6-17;/h4-5,9,12H,2-3,6-8,10,17H2,1H3,(H,18,21);1H. The summed E-state index contributed by atoms with van der Waals surface area (Å²) in [4.78, 5) is 36.9. The van der Waals surface area contributed by atoms with Gasteiger partial charge in [0.25, 0.3) is 11.6 Å². The molecule has 138 valence electrons. The van der Waals surface area contributed by atoms with Crippen molar-refractivity contribution in [3.8, 4) is 0 Å². The Hall–Kier alpha value is -2.19. The van der Waals surface area contributed by atoms with E-state index in [4.69, 9.17) is 5.73 Å². The molecule has 0 spiro atoms. The molecule has 0 aromatic heterocycles. The Bertz CT molecular complexity index is 653. The van der Waals surface area contributed by atoms with Crippen molar-refractivity contribution in [1.29, 1.82) is 0 Å². The van der Waals surface area contributed by atoms with Gasteiger partial charge in [0.15, 0.2) is 0 Å². The molecule has 1 aliphatic rings. The van der Waals surface area contributed by atoms with Crippen molar-refractivity contribution < 1.29 is 14.5 Å². The minimum absolute atomic E-state index is 0. The van der Waals surface area contributed by atoms with E-state index in [0.717, 1.165) is 5.56 Å². The molecule has 1 fully saturated rings. The molecule has 8 nitrogen and oxygen atoms in total. The van der Waals surface area contributed by atoms with Crippen LogP contribution in [0.25, 0.3) is 0 Å². The number of amides is 2. The number of likely N-dealkylation sites (tertiary alicyclic amines) is 1. The topological polar surface area (TPSA) is 119 Å². The minimum atomic E-state index is -0.554. The molecule has 1 aromatic rings. The number of hydrogen-bond donors (Lipinski definition) is 2. The first-order chi connectivity index (χ1) is 11.4. The number of carbonyl (C=O) groups is 2. The van der Waals surface area contributed by atoms with Crippen LogP contribution in [0.4, 0.5) is 5.69 Å². The molecule has 0 bridgehead atoms. The predicted octanol–water partition coefficient (Wildman–Crippen LogP) is 1.25. The van der Waals surface area contributed by atoms with Gasteiger partial charge in [0.2, 0.25) is 5.91 Å². The van der Waals surface area contributed by atoms with Crippen LogP contribution in [0, 0.1) is 23.0 Å². The lowest BCUT2D eigenvalue weighted by Gasteiger charge is -2.32. The summed E-state index contributed by atoms with van der Waals surface area (Å²) >= 11 is 0. The maximum Gasteiger partial charge on any atom is 0.282 e. The molecular weight excluding hydrogens is 348 g/mol. The highest BCUT2D eigenvalue weighted by Crippen LogP contribution is 2.24. The summed E-state index contributed by atoms with van der Waals surface area (Å²) in [5.74, 6) is -0.837. The van der Waals surface area contributed by atoms with Crippen LogP contribution in [0.5, 0.6) is 0 Å². The summed E-state index contributed by atoms with van der Waals surface area (Å²) < 4.78 is 0. The van der Waals surface area contributed by atoms with Gasteiger partial charge in [-0.3, -0.25) is 19.7 Å². The molecule has 2 rings (SSSR count). The highest BCUT2D eigenvalue weighted by atomic mass is 35.5. The summed E-state index contributed by atoms with van der Waals surface area (Å²) in [6, 6.07) is 4.48. The van der Waals surface area contributed by atoms with Crippen LogP contribution in [0.15, 0.2) is 18.2 Å². The number of nitro benzene ring substituents is 1. The number of nitrogens with one attached hydrogen (secondary N) is 1. The monoisotopic (exact) mass is 370 g/mol. The van der Waals surface area contributed by atoms with Gasteiger partial charge in [-0.05, 0) is 31.4 Å². The molecule has 1 unspecified atom stereocenters. The Balaban J connectivity index is 0.00000312. The molecule has 0 aliphatic carbocycles. The second-order valence-corrected chi connectivity index (χ2v) is 5.95. The van der Waals surface area contributed by atoms with E-state index in [-0.39, 0.29) is 42.0 Å². The lowest BCUT2D eigenvalue weighted by Crippen LogP contribution is -2.46. The fourth-order valence-corrected chi connectivity index (χ4v) is 2.87. The third kappa shape index (κ3) is 5.14. The van der Waals surface area contributed by atoms with Gasteiger partial charge in [0, 0.05) is 32.2 Å². The zero-order valence-electron chi connectivity index (χ0n) is 14.1. The zero-order chi connectivity index (χ0) is 17.7. The third-order valence-electron chi connectivity index (χ3n) is 4.10. The van der Waals surface area contributed by atoms with Crippen LogP contribution in [0.2, 0.25) is 0 Å². The minimum Gasteiger partial charge on any atom is -0.355 e. The van der Waals surface area contributed by atoms with Crippen LogP contribution in [0.1, 0.15) is 28.8 Å². The number of nitrogens with zero attached hydrogens (tertiary/aromatic N) is 2. The number of nitrogens with two attached hydrogens (primary N) is 1. The molecule has 3 N–H and O–H groups in total. The Morgan fingerprint density at radius 3 is 2.80 bits per heavy atom. The van der Waals surface area contributed by atoms with Gasteiger partial charge in [-0.1, -0.05) is 6.07 Å². The molecule has 1 atom stereocenters. The van der Waals surface area contributed by atoms with E-state index in [1.54, 1.807) is 13.0 Å². The Morgan fingerprint density at radius 2 is 2.16 bits per heavy atom. The number of rotatable bonds is 5. The van der Waals surface area contributed by atoms with Gasteiger partial charge in [-0.15, -0.1) is 12.4 Å². The Kier molecular flexibility index (Phi) is 7.79. The Labute approximate surface area is 152 Å². The molecule has 0 saturated carbocycles. The third-order valence-corrected chi connectivity index (χ3v) is 4.10. The average Bonchev–Trinajstić information content (AvgIpc) is 2.58. The van der Waals surface area contributed by atoms with Gasteiger partial charge in [0.05, 0.1) is 10.8 Å². The number of hydrogen-bond acceptors (Lipinski definition) is 5. The van der Waals surface area contributed by atoms with E-state index in [1.807, 2.05) is 0 Å². The number of nitro groups is 1. The normalized spacial score (nSPS) is 16.7. The van der Waals surface area contributed by atoms with E-state index >= 15 is 0 Å². The smallest absolute Gasteiger partial charge is 0.282 e. The van der Waals surface area contributed by atoms with E-state index in [2.05, 4.69) is 5.32 Å². The quantitative estimate of drug-likeness (QED) is 0.597. The number of piperidine rings is 1. The van der Waals surface area contributed by atoms with E-state index < -0.39 is 10.8 Å². The van der Waals surface area contributed by atoms with Crippen LogP contribution in [-0.2, 0) is 4.79 Å². The van der Waals surface area contributed by atoms with Gasteiger partial charge in [-0.2, -0.15) is 0 Å². The average molecular weight is 371 g/mol. The lowest BCUT2D eigenvalue weighted by molar-refractivity contribution is -0.385. The number of aryl methyl sites for hydroxylation is 1. The molecular formula is C16H23ClN4O4. The van der Waals surface area contributed by atoms with Gasteiger partial charge >= 0.3 is 0 Å². The molecule has 1 heterocycles. The summed E-state index contributed by atoms with van der Waals surface area (Å²) in [5.41, 5.74) is 6.01. The summed E-state index contributed by atoms with van der Waals surface area (Å²) in [5, 5.41) is 13.9. The molecule has 2 amide bonds. The maximum absolute atomic E-state index is 12.7. The van der Waals surface area contributed by atoms with Crippen LogP contribution >= 0.6 is 12.4 Å². The molecule has 1 saturated heterocycles. The van der Waals surface area contributed by atoms with Gasteiger partial charge < -0.3 is 16.0 Å². The van der Waals surface area contributed by atoms with E-state index in [0.29, 0.717) is 32.5 Å². The van der Waals surface area contributed by atoms with E-state index in [9.17, 15) is 19.7 Å². The SMILES string of the molecule is Cc1ccc([N+](=O)[O-])c(C(=O)N2CCCC(C(=O)NCCN)C2)c1.Cl. The number of halogens is 1. The lowest BCUT2D eigenvalue weighted by atomic mass is 9.96. The van der Waals surface area contributed by atoms with Crippen molar-refractivity contribution in [3.05, 3.63) is 39.4 Å². The van der Waals surface area contributed by atoms with Crippen LogP contribution < -0.4 is 11.1 Å². The van der Waals surface area contributed by atoms with Crippen molar-refractivity contribution >= 4 is 29.9 Å². The van der Waals surface area contributed by atoms with Gasteiger partial charge in [-0.25, -0.2) is 0 Å². The fraction of sp³-hybridized carbons (Fsp3) is 0.500. The fourth-order valence-electron chi connectivity index (χ4n) is 2.87. The zero-order valence-corrected chi connectivity index (χ0v) is 14.9. The van der Waals surface area contributed by atoms with Crippen molar-refractivity contribution in [2.75, 3.05) is 26.2 Å². The van der Waals surface area contributed by atoms with Crippen LogP contribution in [-0.4, -0.2) is 47.8 Å². The summed E-state index contributed by atoms with van der Waals surface area (Å²) in [7, 11) is 0. The molecule has 1 aromatic carbocycles. The maximum atomic E-state index is 12.7. The summed E-state index contributed by atoms with van der Waals surface area (Å²) in [6.45, 7) is 3.29.